The maximum Gasteiger partial charge on any atom is 0.191 e. The number of thiocarbonyl (C=S) groups is 1. The van der Waals surface area contributed by atoms with Crippen LogP contribution >= 0.6 is 12.2 Å². The van der Waals surface area contributed by atoms with E-state index in [0.29, 0.717) is 16.4 Å². The van der Waals surface area contributed by atoms with E-state index in [1.54, 1.807) is 31.5 Å². The van der Waals surface area contributed by atoms with Crippen molar-refractivity contribution in [1.82, 2.24) is 5.43 Å². The fraction of sp³-hybridized carbons (Fsp3) is 0.0625. The molecule has 110 valence electrons. The Kier molecular flexibility index (Phi) is 5.46. The lowest BCUT2D eigenvalue weighted by atomic mass is 10.2. The van der Waals surface area contributed by atoms with Gasteiger partial charge in [0.2, 0.25) is 0 Å². The Hall–Kier alpha value is -2.91. The number of nitriles is 1. The second-order valence-corrected chi connectivity index (χ2v) is 4.63. The molecule has 2 N–H and O–H groups in total. The van der Waals surface area contributed by atoms with Gasteiger partial charge in [0.15, 0.2) is 5.11 Å². The zero-order valence-corrected chi connectivity index (χ0v) is 12.7. The zero-order valence-electron chi connectivity index (χ0n) is 11.9. The summed E-state index contributed by atoms with van der Waals surface area (Å²) in [6, 6.07) is 16.7. The van der Waals surface area contributed by atoms with Crippen molar-refractivity contribution < 1.29 is 4.74 Å². The molecule has 2 aromatic rings. The minimum absolute atomic E-state index is 0.300. The molecule has 0 aliphatic carbocycles. The van der Waals surface area contributed by atoms with Crippen LogP contribution < -0.4 is 15.5 Å². The van der Waals surface area contributed by atoms with Gasteiger partial charge in [-0.05, 0) is 36.5 Å². The van der Waals surface area contributed by atoms with Crippen LogP contribution in [0.5, 0.6) is 5.75 Å². The highest BCUT2D eigenvalue weighted by atomic mass is 32.1. The minimum Gasteiger partial charge on any atom is -0.496 e. The molecule has 0 unspecified atom stereocenters. The number of hydrogen-bond donors (Lipinski definition) is 2. The summed E-state index contributed by atoms with van der Waals surface area (Å²) >= 11 is 5.14. The van der Waals surface area contributed by atoms with Gasteiger partial charge >= 0.3 is 0 Å². The van der Waals surface area contributed by atoms with Crippen LogP contribution in [-0.4, -0.2) is 18.4 Å². The van der Waals surface area contributed by atoms with Crippen molar-refractivity contribution >= 4 is 29.2 Å². The van der Waals surface area contributed by atoms with Crippen molar-refractivity contribution in [2.24, 2.45) is 5.10 Å². The third kappa shape index (κ3) is 4.04. The molecule has 0 amide bonds. The van der Waals surface area contributed by atoms with Crippen molar-refractivity contribution in [3.8, 4) is 11.8 Å². The van der Waals surface area contributed by atoms with E-state index in [0.717, 1.165) is 11.3 Å². The predicted molar refractivity (Wildman–Crippen MR) is 91.1 cm³/mol. The summed E-state index contributed by atoms with van der Waals surface area (Å²) in [4.78, 5) is 0. The predicted octanol–water partition coefficient (Wildman–Crippen LogP) is 2.89. The van der Waals surface area contributed by atoms with Gasteiger partial charge in [-0.15, -0.1) is 0 Å². The smallest absolute Gasteiger partial charge is 0.191 e. The van der Waals surface area contributed by atoms with Crippen molar-refractivity contribution in [2.75, 3.05) is 12.4 Å². The molecule has 0 fully saturated rings. The van der Waals surface area contributed by atoms with Gasteiger partial charge in [0.05, 0.1) is 24.6 Å². The summed E-state index contributed by atoms with van der Waals surface area (Å²) < 4.78 is 5.23. The average Bonchev–Trinajstić information content (AvgIpc) is 2.55. The molecule has 0 bridgehead atoms. The minimum atomic E-state index is 0.300. The van der Waals surface area contributed by atoms with E-state index in [4.69, 9.17) is 22.2 Å². The lowest BCUT2D eigenvalue weighted by Gasteiger charge is -2.08. The van der Waals surface area contributed by atoms with Gasteiger partial charge in [-0.3, -0.25) is 5.43 Å². The second-order valence-electron chi connectivity index (χ2n) is 4.22. The first-order chi connectivity index (χ1) is 10.7. The molecule has 0 saturated carbocycles. The van der Waals surface area contributed by atoms with Crippen molar-refractivity contribution in [2.45, 2.75) is 0 Å². The van der Waals surface area contributed by atoms with Gasteiger partial charge in [-0.25, -0.2) is 0 Å². The van der Waals surface area contributed by atoms with Gasteiger partial charge < -0.3 is 10.1 Å². The van der Waals surface area contributed by atoms with E-state index in [1.807, 2.05) is 30.3 Å². The first-order valence-corrected chi connectivity index (χ1v) is 6.87. The monoisotopic (exact) mass is 310 g/mol. The number of nitrogens with one attached hydrogen (secondary N) is 2. The number of benzene rings is 2. The maximum absolute atomic E-state index is 9.02. The Balaban J connectivity index is 1.98. The summed E-state index contributed by atoms with van der Waals surface area (Å²) in [5, 5.41) is 16.3. The number of hydrogen-bond acceptors (Lipinski definition) is 4. The Bertz CT molecular complexity index is 737. The largest absolute Gasteiger partial charge is 0.496 e. The third-order valence-electron chi connectivity index (χ3n) is 2.80. The van der Waals surface area contributed by atoms with Crippen LogP contribution in [0.15, 0.2) is 53.6 Å². The highest BCUT2D eigenvalue weighted by Gasteiger charge is 2.02. The normalized spacial score (nSPS) is 10.0. The first-order valence-electron chi connectivity index (χ1n) is 6.47. The van der Waals surface area contributed by atoms with E-state index in [1.165, 1.54) is 0 Å². The molecule has 5 nitrogen and oxygen atoms in total. The van der Waals surface area contributed by atoms with E-state index >= 15 is 0 Å². The summed E-state index contributed by atoms with van der Waals surface area (Å²) in [5.41, 5.74) is 4.69. The number of ether oxygens (including phenoxy) is 1. The van der Waals surface area contributed by atoms with Crippen LogP contribution in [0.3, 0.4) is 0 Å². The standard InChI is InChI=1S/C16H14N4OS/c1-21-15-9-5-3-7-13(15)11-18-20-16(22)19-14-8-4-2-6-12(14)10-17/h2-9,11H,1H3,(H2,19,20,22). The van der Waals surface area contributed by atoms with Crippen molar-refractivity contribution in [1.29, 1.82) is 5.26 Å². The van der Waals surface area contributed by atoms with Crippen LogP contribution in [-0.2, 0) is 0 Å². The number of anilines is 1. The Labute approximate surface area is 134 Å². The molecule has 2 aromatic carbocycles. The molecule has 0 heterocycles. The Morgan fingerprint density at radius 3 is 2.73 bits per heavy atom. The SMILES string of the molecule is COc1ccccc1C=NNC(=S)Nc1ccccc1C#N. The van der Waals surface area contributed by atoms with Gasteiger partial charge in [-0.2, -0.15) is 10.4 Å². The zero-order chi connectivity index (χ0) is 15.8. The number of para-hydroxylation sites is 2. The fourth-order valence-electron chi connectivity index (χ4n) is 1.77. The maximum atomic E-state index is 9.02. The fourth-order valence-corrected chi connectivity index (χ4v) is 1.94. The lowest BCUT2D eigenvalue weighted by molar-refractivity contribution is 0.414. The Morgan fingerprint density at radius 1 is 1.23 bits per heavy atom. The topological polar surface area (TPSA) is 69.4 Å². The number of methoxy groups -OCH3 is 1. The third-order valence-corrected chi connectivity index (χ3v) is 3.00. The molecule has 0 aliphatic heterocycles. The molecule has 0 atom stereocenters. The van der Waals surface area contributed by atoms with Gasteiger partial charge in [-0.1, -0.05) is 24.3 Å². The van der Waals surface area contributed by atoms with Crippen LogP contribution in [0.25, 0.3) is 0 Å². The Morgan fingerprint density at radius 2 is 1.95 bits per heavy atom. The molecular formula is C16H14N4OS. The van der Waals surface area contributed by atoms with Crippen LogP contribution in [0.2, 0.25) is 0 Å². The van der Waals surface area contributed by atoms with Crippen molar-refractivity contribution in [3.63, 3.8) is 0 Å². The molecule has 0 aromatic heterocycles. The quantitative estimate of drug-likeness (QED) is 0.516. The second kappa shape index (κ2) is 7.76. The highest BCUT2D eigenvalue weighted by Crippen LogP contribution is 2.15. The van der Waals surface area contributed by atoms with Crippen LogP contribution in [0.4, 0.5) is 5.69 Å². The van der Waals surface area contributed by atoms with E-state index < -0.39 is 0 Å². The van der Waals surface area contributed by atoms with Crippen LogP contribution in [0.1, 0.15) is 11.1 Å². The summed E-state index contributed by atoms with van der Waals surface area (Å²) in [6.45, 7) is 0. The molecule has 0 radical (unpaired) electrons. The van der Waals surface area contributed by atoms with E-state index in [-0.39, 0.29) is 0 Å². The van der Waals surface area contributed by atoms with Crippen molar-refractivity contribution in [3.05, 3.63) is 59.7 Å². The molecule has 0 saturated heterocycles. The molecule has 0 spiro atoms. The lowest BCUT2D eigenvalue weighted by Crippen LogP contribution is -2.24. The number of hydrazone groups is 1. The summed E-state index contributed by atoms with van der Waals surface area (Å²) in [6.07, 6.45) is 1.61. The van der Waals surface area contributed by atoms with E-state index in [2.05, 4.69) is 21.9 Å². The van der Waals surface area contributed by atoms with Gasteiger partial charge in [0.1, 0.15) is 11.8 Å². The summed E-state index contributed by atoms with van der Waals surface area (Å²) in [5.74, 6) is 0.724. The summed E-state index contributed by atoms with van der Waals surface area (Å²) in [7, 11) is 1.60. The van der Waals surface area contributed by atoms with E-state index in [9.17, 15) is 0 Å². The number of nitrogens with zero attached hydrogens (tertiary/aromatic N) is 2. The number of rotatable bonds is 4. The van der Waals surface area contributed by atoms with Crippen LogP contribution in [0, 0.1) is 11.3 Å². The average molecular weight is 310 g/mol. The van der Waals surface area contributed by atoms with Gasteiger partial charge in [0.25, 0.3) is 0 Å². The molecule has 22 heavy (non-hydrogen) atoms. The molecule has 6 heteroatoms. The molecular weight excluding hydrogens is 296 g/mol. The highest BCUT2D eigenvalue weighted by molar-refractivity contribution is 7.80. The van der Waals surface area contributed by atoms with Gasteiger partial charge in [0, 0.05) is 5.56 Å². The molecule has 2 rings (SSSR count). The first kappa shape index (κ1) is 15.5. The molecule has 0 aliphatic rings.